The van der Waals surface area contributed by atoms with Gasteiger partial charge in [0, 0.05) is 60.6 Å². The minimum atomic E-state index is -0.165. The first-order valence-corrected chi connectivity index (χ1v) is 12.4. The van der Waals surface area contributed by atoms with Gasteiger partial charge in [0.15, 0.2) is 0 Å². The highest BCUT2D eigenvalue weighted by Crippen LogP contribution is 2.40. The standard InChI is InChI=1S/C28H27N7O2/c1-19-22(5-2-6-23(19)27(36)31-20-7-11-29-12-8-20)25-24-9-13-35(21-4-3-10-30-18-21)26(24)33-28(32-25)34-14-16-37-17-15-34/h2-8,10-12,18H,9,13-17H2,1H3,(H,29,31,36). The molecule has 0 atom stereocenters. The Morgan fingerprint density at radius 2 is 1.78 bits per heavy atom. The lowest BCUT2D eigenvalue weighted by atomic mass is 9.96. The van der Waals surface area contributed by atoms with E-state index in [1.54, 1.807) is 30.7 Å². The normalized spacial score (nSPS) is 14.9. The van der Waals surface area contributed by atoms with Crippen molar-refractivity contribution in [2.45, 2.75) is 13.3 Å². The van der Waals surface area contributed by atoms with E-state index in [-0.39, 0.29) is 5.91 Å². The van der Waals surface area contributed by atoms with Crippen LogP contribution in [0.5, 0.6) is 0 Å². The largest absolute Gasteiger partial charge is 0.378 e. The van der Waals surface area contributed by atoms with E-state index in [2.05, 4.69) is 25.1 Å². The zero-order valence-electron chi connectivity index (χ0n) is 20.6. The molecule has 1 N–H and O–H groups in total. The average Bonchev–Trinajstić information content (AvgIpc) is 3.38. The Hall–Kier alpha value is -4.37. The van der Waals surface area contributed by atoms with E-state index in [1.807, 2.05) is 43.5 Å². The van der Waals surface area contributed by atoms with Crippen LogP contribution in [0.3, 0.4) is 0 Å². The number of amides is 1. The summed E-state index contributed by atoms with van der Waals surface area (Å²) in [6.07, 6.45) is 7.75. The molecule has 0 saturated carbocycles. The van der Waals surface area contributed by atoms with Crippen LogP contribution in [0.4, 0.5) is 23.1 Å². The van der Waals surface area contributed by atoms with E-state index in [1.165, 1.54) is 0 Å². The van der Waals surface area contributed by atoms with Gasteiger partial charge in [-0.25, -0.2) is 4.98 Å². The number of nitrogens with one attached hydrogen (secondary N) is 1. The van der Waals surface area contributed by atoms with Crippen LogP contribution in [0.25, 0.3) is 11.3 Å². The average molecular weight is 494 g/mol. The lowest BCUT2D eigenvalue weighted by molar-refractivity contribution is 0.102. The Kier molecular flexibility index (Phi) is 6.20. The molecule has 3 aromatic heterocycles. The molecule has 186 valence electrons. The minimum Gasteiger partial charge on any atom is -0.378 e. The Balaban J connectivity index is 1.44. The molecule has 0 bridgehead atoms. The summed E-state index contributed by atoms with van der Waals surface area (Å²) in [6, 6.07) is 13.3. The van der Waals surface area contributed by atoms with Crippen molar-refractivity contribution in [3.05, 3.63) is 83.9 Å². The van der Waals surface area contributed by atoms with Gasteiger partial charge < -0.3 is 19.9 Å². The molecule has 0 aliphatic carbocycles. The summed E-state index contributed by atoms with van der Waals surface area (Å²) in [6.45, 7) is 5.53. The lowest BCUT2D eigenvalue weighted by Gasteiger charge is -2.28. The monoisotopic (exact) mass is 493 g/mol. The number of carbonyl (C=O) groups is 1. The third-order valence-electron chi connectivity index (χ3n) is 6.84. The second-order valence-electron chi connectivity index (χ2n) is 9.05. The van der Waals surface area contributed by atoms with Gasteiger partial charge in [-0.2, -0.15) is 4.98 Å². The number of ether oxygens (including phenoxy) is 1. The van der Waals surface area contributed by atoms with Crippen LogP contribution in [0, 0.1) is 6.92 Å². The summed E-state index contributed by atoms with van der Waals surface area (Å²) >= 11 is 0. The molecule has 6 rings (SSSR count). The molecule has 37 heavy (non-hydrogen) atoms. The van der Waals surface area contributed by atoms with E-state index in [0.29, 0.717) is 30.4 Å². The van der Waals surface area contributed by atoms with Crippen LogP contribution >= 0.6 is 0 Å². The predicted octanol–water partition coefficient (Wildman–Crippen LogP) is 4.03. The zero-order valence-corrected chi connectivity index (χ0v) is 20.6. The number of pyridine rings is 2. The molecular formula is C28H27N7O2. The number of anilines is 4. The Morgan fingerprint density at radius 3 is 2.57 bits per heavy atom. The Labute approximate surface area is 215 Å². The van der Waals surface area contributed by atoms with Crippen LogP contribution in [-0.2, 0) is 11.2 Å². The highest BCUT2D eigenvalue weighted by Gasteiger charge is 2.30. The number of hydrogen-bond donors (Lipinski definition) is 1. The van der Waals surface area contributed by atoms with Gasteiger partial charge in [0.05, 0.1) is 30.8 Å². The fourth-order valence-corrected chi connectivity index (χ4v) is 4.91. The molecule has 0 spiro atoms. The molecule has 1 aromatic carbocycles. The van der Waals surface area contributed by atoms with Crippen molar-refractivity contribution in [1.29, 1.82) is 0 Å². The van der Waals surface area contributed by atoms with Crippen molar-refractivity contribution in [2.24, 2.45) is 0 Å². The Morgan fingerprint density at radius 1 is 0.946 bits per heavy atom. The van der Waals surface area contributed by atoms with Gasteiger partial charge in [0.1, 0.15) is 5.82 Å². The second kappa shape index (κ2) is 9.94. The maximum Gasteiger partial charge on any atom is 0.255 e. The quantitative estimate of drug-likeness (QED) is 0.445. The number of nitrogens with zero attached hydrogens (tertiary/aromatic N) is 6. The third kappa shape index (κ3) is 4.49. The molecule has 9 heteroatoms. The molecule has 2 aliphatic heterocycles. The van der Waals surface area contributed by atoms with Crippen molar-refractivity contribution in [2.75, 3.05) is 48.0 Å². The molecule has 9 nitrogen and oxygen atoms in total. The summed E-state index contributed by atoms with van der Waals surface area (Å²) in [7, 11) is 0. The highest BCUT2D eigenvalue weighted by atomic mass is 16.5. The lowest BCUT2D eigenvalue weighted by Crippen LogP contribution is -2.37. The summed E-state index contributed by atoms with van der Waals surface area (Å²) in [5.41, 5.74) is 6.07. The highest BCUT2D eigenvalue weighted by molar-refractivity contribution is 6.06. The van der Waals surface area contributed by atoms with E-state index in [4.69, 9.17) is 14.7 Å². The SMILES string of the molecule is Cc1c(C(=O)Nc2ccncc2)cccc1-c1nc(N2CCOCC2)nc2c1CCN2c1cccnc1. The molecule has 4 aromatic rings. The first kappa shape index (κ1) is 23.1. The summed E-state index contributed by atoms with van der Waals surface area (Å²) < 4.78 is 5.56. The van der Waals surface area contributed by atoms with Gasteiger partial charge in [0.25, 0.3) is 5.91 Å². The summed E-state index contributed by atoms with van der Waals surface area (Å²) in [4.78, 5) is 36.0. The van der Waals surface area contributed by atoms with Crippen LogP contribution in [0.15, 0.2) is 67.3 Å². The first-order chi connectivity index (χ1) is 18.2. The molecule has 1 fully saturated rings. The van der Waals surface area contributed by atoms with Gasteiger partial charge in [-0.05, 0) is 49.2 Å². The van der Waals surface area contributed by atoms with Gasteiger partial charge >= 0.3 is 0 Å². The smallest absolute Gasteiger partial charge is 0.255 e. The predicted molar refractivity (Wildman–Crippen MR) is 142 cm³/mol. The third-order valence-corrected chi connectivity index (χ3v) is 6.84. The fourth-order valence-electron chi connectivity index (χ4n) is 4.91. The van der Waals surface area contributed by atoms with Crippen LogP contribution in [-0.4, -0.2) is 58.7 Å². The molecule has 5 heterocycles. The number of hydrogen-bond acceptors (Lipinski definition) is 8. The number of aromatic nitrogens is 4. The van der Waals surface area contributed by atoms with E-state index < -0.39 is 0 Å². The van der Waals surface area contributed by atoms with E-state index in [9.17, 15) is 4.79 Å². The Bertz CT molecular complexity index is 1420. The van der Waals surface area contributed by atoms with Gasteiger partial charge in [-0.1, -0.05) is 12.1 Å². The van der Waals surface area contributed by atoms with Crippen molar-refractivity contribution in [1.82, 2.24) is 19.9 Å². The van der Waals surface area contributed by atoms with E-state index >= 15 is 0 Å². The van der Waals surface area contributed by atoms with Crippen LogP contribution < -0.4 is 15.1 Å². The van der Waals surface area contributed by atoms with Gasteiger partial charge in [0.2, 0.25) is 5.95 Å². The number of carbonyl (C=O) groups excluding carboxylic acids is 1. The topological polar surface area (TPSA) is 96.4 Å². The summed E-state index contributed by atoms with van der Waals surface area (Å²) in [5, 5.41) is 2.97. The van der Waals surface area contributed by atoms with Crippen LogP contribution in [0.1, 0.15) is 21.5 Å². The molecule has 2 aliphatic rings. The molecule has 0 unspecified atom stereocenters. The fraction of sp³-hybridized carbons (Fsp3) is 0.250. The number of benzene rings is 1. The number of rotatable bonds is 5. The molecule has 0 radical (unpaired) electrons. The second-order valence-corrected chi connectivity index (χ2v) is 9.05. The van der Waals surface area contributed by atoms with Crippen molar-refractivity contribution >= 4 is 29.0 Å². The maximum atomic E-state index is 13.2. The number of fused-ring (bicyclic) bond motifs is 1. The maximum absolute atomic E-state index is 13.2. The first-order valence-electron chi connectivity index (χ1n) is 12.4. The van der Waals surface area contributed by atoms with Gasteiger partial charge in [-0.3, -0.25) is 14.8 Å². The molecule has 1 saturated heterocycles. The zero-order chi connectivity index (χ0) is 25.2. The summed E-state index contributed by atoms with van der Waals surface area (Å²) in [5.74, 6) is 1.41. The van der Waals surface area contributed by atoms with E-state index in [0.717, 1.165) is 59.9 Å². The number of morpholine rings is 1. The molecule has 1 amide bonds. The van der Waals surface area contributed by atoms with Crippen molar-refractivity contribution in [3.8, 4) is 11.3 Å². The minimum absolute atomic E-state index is 0.165. The molecular weight excluding hydrogens is 466 g/mol. The van der Waals surface area contributed by atoms with Gasteiger partial charge in [-0.15, -0.1) is 0 Å². The van der Waals surface area contributed by atoms with Crippen molar-refractivity contribution < 1.29 is 9.53 Å². The van der Waals surface area contributed by atoms with Crippen molar-refractivity contribution in [3.63, 3.8) is 0 Å². The van der Waals surface area contributed by atoms with Crippen LogP contribution in [0.2, 0.25) is 0 Å².